The van der Waals surface area contributed by atoms with Gasteiger partial charge in [0.1, 0.15) is 0 Å². The van der Waals surface area contributed by atoms with Gasteiger partial charge in [-0.15, -0.1) is 0 Å². The molecule has 0 aromatic heterocycles. The van der Waals surface area contributed by atoms with Gasteiger partial charge in [-0.2, -0.15) is 5.26 Å². The molecule has 0 saturated heterocycles. The van der Waals surface area contributed by atoms with Crippen molar-refractivity contribution in [2.24, 2.45) is 5.92 Å². The molecule has 0 heterocycles. The first-order valence-electron chi connectivity index (χ1n) is 5.88. The topological polar surface area (TPSA) is 35.8 Å². The third-order valence-electron chi connectivity index (χ3n) is 3.05. The van der Waals surface area contributed by atoms with Crippen molar-refractivity contribution in [3.63, 3.8) is 0 Å². The van der Waals surface area contributed by atoms with Crippen molar-refractivity contribution in [3.8, 4) is 6.07 Å². The van der Waals surface area contributed by atoms with E-state index >= 15 is 0 Å². The second-order valence-corrected chi connectivity index (χ2v) is 4.75. The van der Waals surface area contributed by atoms with Gasteiger partial charge in [-0.1, -0.05) is 23.8 Å². The van der Waals surface area contributed by atoms with E-state index in [1.54, 1.807) is 18.2 Å². The van der Waals surface area contributed by atoms with Gasteiger partial charge in [0, 0.05) is 6.54 Å². The minimum absolute atomic E-state index is 0.639. The normalized spacial score (nSPS) is 18.7. The highest BCUT2D eigenvalue weighted by molar-refractivity contribution is 6.33. The molecule has 1 N–H and O–H groups in total. The fourth-order valence-corrected chi connectivity index (χ4v) is 2.21. The Hall–Kier alpha value is -1.46. The quantitative estimate of drug-likeness (QED) is 0.819. The molecule has 0 fully saturated rings. The summed E-state index contributed by atoms with van der Waals surface area (Å²) in [6.07, 6.45) is 7.99. The van der Waals surface area contributed by atoms with Gasteiger partial charge in [0.2, 0.25) is 0 Å². The van der Waals surface area contributed by atoms with Gasteiger partial charge in [0.25, 0.3) is 0 Å². The molecule has 3 heteroatoms. The highest BCUT2D eigenvalue weighted by Gasteiger charge is 2.10. The van der Waals surface area contributed by atoms with E-state index in [4.69, 9.17) is 16.9 Å². The molecule has 0 spiro atoms. The first-order chi connectivity index (χ1) is 8.29. The lowest BCUT2D eigenvalue weighted by atomic mass is 9.94. The molecule has 1 aromatic carbocycles. The van der Waals surface area contributed by atoms with E-state index < -0.39 is 0 Å². The molecule has 0 bridgehead atoms. The van der Waals surface area contributed by atoms with Crippen LogP contribution in [-0.2, 0) is 0 Å². The number of nitrogens with one attached hydrogen (secondary N) is 1. The Bertz CT molecular complexity index is 460. The molecule has 2 rings (SSSR count). The number of halogens is 1. The Labute approximate surface area is 107 Å². The molecule has 0 radical (unpaired) electrons. The van der Waals surface area contributed by atoms with E-state index in [-0.39, 0.29) is 0 Å². The van der Waals surface area contributed by atoms with Gasteiger partial charge >= 0.3 is 0 Å². The van der Waals surface area contributed by atoms with Crippen LogP contribution in [0.4, 0.5) is 5.69 Å². The van der Waals surface area contributed by atoms with Crippen LogP contribution in [0, 0.1) is 17.2 Å². The Kier molecular flexibility index (Phi) is 4.06. The number of rotatable bonds is 3. The predicted molar refractivity (Wildman–Crippen MR) is 71.1 cm³/mol. The molecular weight excluding hydrogens is 232 g/mol. The van der Waals surface area contributed by atoms with Crippen molar-refractivity contribution in [3.05, 3.63) is 40.9 Å². The Morgan fingerprint density at radius 3 is 3.00 bits per heavy atom. The molecule has 1 aliphatic carbocycles. The van der Waals surface area contributed by atoms with E-state index in [1.165, 1.54) is 6.42 Å². The van der Waals surface area contributed by atoms with Gasteiger partial charge in [0.15, 0.2) is 0 Å². The number of benzene rings is 1. The largest absolute Gasteiger partial charge is 0.384 e. The fraction of sp³-hybridized carbons (Fsp3) is 0.357. The van der Waals surface area contributed by atoms with Crippen LogP contribution >= 0.6 is 11.6 Å². The summed E-state index contributed by atoms with van der Waals surface area (Å²) in [7, 11) is 0. The Balaban J connectivity index is 1.98. The fourth-order valence-electron chi connectivity index (χ4n) is 2.03. The standard InChI is InChI=1S/C14H15ClN2/c15-13-7-6-12(9-16)8-14(13)17-10-11-4-2-1-3-5-11/h1-2,6-8,11,17H,3-5,10H2. The summed E-state index contributed by atoms with van der Waals surface area (Å²) in [6.45, 7) is 0.916. The highest BCUT2D eigenvalue weighted by atomic mass is 35.5. The molecule has 2 nitrogen and oxygen atoms in total. The first-order valence-corrected chi connectivity index (χ1v) is 6.26. The molecule has 1 unspecified atom stereocenters. The summed E-state index contributed by atoms with van der Waals surface area (Å²) >= 11 is 6.08. The van der Waals surface area contributed by atoms with Gasteiger partial charge in [-0.3, -0.25) is 0 Å². The van der Waals surface area contributed by atoms with Crippen molar-refractivity contribution < 1.29 is 0 Å². The zero-order valence-electron chi connectivity index (χ0n) is 9.62. The maximum absolute atomic E-state index is 8.84. The van der Waals surface area contributed by atoms with Crippen LogP contribution in [0.15, 0.2) is 30.4 Å². The van der Waals surface area contributed by atoms with Gasteiger partial charge in [-0.05, 0) is 43.4 Å². The lowest BCUT2D eigenvalue weighted by molar-refractivity contribution is 0.504. The van der Waals surface area contributed by atoms with Gasteiger partial charge in [0.05, 0.1) is 22.3 Å². The van der Waals surface area contributed by atoms with Crippen LogP contribution in [0.2, 0.25) is 5.02 Å². The predicted octanol–water partition coefficient (Wildman–Crippen LogP) is 3.98. The maximum atomic E-state index is 8.84. The molecule has 0 amide bonds. The van der Waals surface area contributed by atoms with E-state index in [2.05, 4.69) is 23.5 Å². The number of hydrogen-bond donors (Lipinski definition) is 1. The highest BCUT2D eigenvalue weighted by Crippen LogP contribution is 2.25. The third kappa shape index (κ3) is 3.25. The van der Waals surface area contributed by atoms with Gasteiger partial charge < -0.3 is 5.32 Å². The third-order valence-corrected chi connectivity index (χ3v) is 3.38. The average molecular weight is 247 g/mol. The number of nitrogens with zero attached hydrogens (tertiary/aromatic N) is 1. The maximum Gasteiger partial charge on any atom is 0.0992 e. The van der Waals surface area contributed by atoms with Crippen LogP contribution in [0.3, 0.4) is 0 Å². The van der Waals surface area contributed by atoms with Crippen molar-refractivity contribution in [2.45, 2.75) is 19.3 Å². The molecular formula is C14H15ClN2. The number of allylic oxidation sites excluding steroid dienone is 2. The van der Waals surface area contributed by atoms with Gasteiger partial charge in [-0.25, -0.2) is 0 Å². The molecule has 1 atom stereocenters. The second-order valence-electron chi connectivity index (χ2n) is 4.34. The van der Waals surface area contributed by atoms with Crippen LogP contribution < -0.4 is 5.32 Å². The summed E-state index contributed by atoms with van der Waals surface area (Å²) < 4.78 is 0. The number of anilines is 1. The van der Waals surface area contributed by atoms with Crippen LogP contribution in [0.25, 0.3) is 0 Å². The van der Waals surface area contributed by atoms with E-state index in [0.717, 1.165) is 25.1 Å². The summed E-state index contributed by atoms with van der Waals surface area (Å²) in [6, 6.07) is 7.43. The first kappa shape index (κ1) is 12.0. The van der Waals surface area contributed by atoms with E-state index in [1.807, 2.05) is 0 Å². The van der Waals surface area contributed by atoms with Crippen molar-refractivity contribution in [1.29, 1.82) is 5.26 Å². The second kappa shape index (κ2) is 5.75. The molecule has 0 aliphatic heterocycles. The Morgan fingerprint density at radius 1 is 1.41 bits per heavy atom. The average Bonchev–Trinajstić information content (AvgIpc) is 2.39. The van der Waals surface area contributed by atoms with Crippen molar-refractivity contribution in [1.82, 2.24) is 0 Å². The summed E-state index contributed by atoms with van der Waals surface area (Å²) in [5.74, 6) is 0.668. The monoisotopic (exact) mass is 246 g/mol. The molecule has 1 aliphatic rings. The lowest BCUT2D eigenvalue weighted by Gasteiger charge is -2.19. The van der Waals surface area contributed by atoms with Crippen LogP contribution in [-0.4, -0.2) is 6.54 Å². The minimum atomic E-state index is 0.639. The zero-order chi connectivity index (χ0) is 12.1. The number of hydrogen-bond acceptors (Lipinski definition) is 2. The van der Waals surface area contributed by atoms with E-state index in [9.17, 15) is 0 Å². The van der Waals surface area contributed by atoms with E-state index in [0.29, 0.717) is 16.5 Å². The molecule has 0 saturated carbocycles. The van der Waals surface area contributed by atoms with Crippen molar-refractivity contribution >= 4 is 17.3 Å². The summed E-state index contributed by atoms with van der Waals surface area (Å²) in [5, 5.41) is 12.9. The van der Waals surface area contributed by atoms with Crippen molar-refractivity contribution in [2.75, 3.05) is 11.9 Å². The summed E-state index contributed by atoms with van der Waals surface area (Å²) in [4.78, 5) is 0. The van der Waals surface area contributed by atoms with Crippen LogP contribution in [0.5, 0.6) is 0 Å². The zero-order valence-corrected chi connectivity index (χ0v) is 10.4. The molecule has 1 aromatic rings. The van der Waals surface area contributed by atoms with Crippen LogP contribution in [0.1, 0.15) is 24.8 Å². The SMILES string of the molecule is N#Cc1ccc(Cl)c(NCC2CC=CCC2)c1. The number of nitriles is 1. The molecule has 88 valence electrons. The molecule has 17 heavy (non-hydrogen) atoms. The smallest absolute Gasteiger partial charge is 0.0992 e. The minimum Gasteiger partial charge on any atom is -0.384 e. The Morgan fingerprint density at radius 2 is 2.29 bits per heavy atom. The summed E-state index contributed by atoms with van der Waals surface area (Å²) in [5.41, 5.74) is 1.50. The lowest BCUT2D eigenvalue weighted by Crippen LogP contribution is -2.15.